The molecule has 70 valence electrons. The SMILES string of the molecule is Nc1nc(-c2cnccn2)ncc1I. The molecule has 2 rings (SSSR count). The van der Waals surface area contributed by atoms with Crippen LogP contribution in [-0.2, 0) is 0 Å². The number of halogens is 1. The van der Waals surface area contributed by atoms with Gasteiger partial charge in [0.1, 0.15) is 11.5 Å². The minimum atomic E-state index is 0.459. The first-order valence-electron chi connectivity index (χ1n) is 3.82. The van der Waals surface area contributed by atoms with Gasteiger partial charge < -0.3 is 5.73 Å². The number of aromatic nitrogens is 4. The minimum absolute atomic E-state index is 0.459. The van der Waals surface area contributed by atoms with Crippen molar-refractivity contribution in [2.75, 3.05) is 5.73 Å². The van der Waals surface area contributed by atoms with Gasteiger partial charge in [-0.05, 0) is 22.6 Å². The van der Waals surface area contributed by atoms with Crippen LogP contribution in [0.1, 0.15) is 0 Å². The third-order valence-electron chi connectivity index (χ3n) is 1.56. The molecule has 2 aromatic rings. The summed E-state index contributed by atoms with van der Waals surface area (Å²) < 4.78 is 0.829. The molecule has 0 aliphatic carbocycles. The van der Waals surface area contributed by atoms with Crippen molar-refractivity contribution in [1.29, 1.82) is 0 Å². The maximum Gasteiger partial charge on any atom is 0.181 e. The van der Waals surface area contributed by atoms with Gasteiger partial charge in [0.05, 0.1) is 9.77 Å². The van der Waals surface area contributed by atoms with Crippen LogP contribution in [0, 0.1) is 3.57 Å². The zero-order valence-electron chi connectivity index (χ0n) is 7.05. The Labute approximate surface area is 94.0 Å². The quantitative estimate of drug-likeness (QED) is 0.798. The van der Waals surface area contributed by atoms with Gasteiger partial charge in [0.2, 0.25) is 0 Å². The van der Waals surface area contributed by atoms with Crippen LogP contribution in [-0.4, -0.2) is 19.9 Å². The van der Waals surface area contributed by atoms with Crippen LogP contribution < -0.4 is 5.73 Å². The highest BCUT2D eigenvalue weighted by atomic mass is 127. The lowest BCUT2D eigenvalue weighted by Gasteiger charge is -2.00. The number of nitrogens with two attached hydrogens (primary N) is 1. The fraction of sp³-hybridized carbons (Fsp3) is 0. The maximum atomic E-state index is 5.65. The van der Waals surface area contributed by atoms with Crippen molar-refractivity contribution in [3.8, 4) is 11.5 Å². The second-order valence-electron chi connectivity index (χ2n) is 2.52. The molecule has 2 N–H and O–H groups in total. The molecule has 0 saturated carbocycles. The van der Waals surface area contributed by atoms with Crippen molar-refractivity contribution in [2.45, 2.75) is 0 Å². The normalized spacial score (nSPS) is 10.1. The third-order valence-corrected chi connectivity index (χ3v) is 2.39. The van der Waals surface area contributed by atoms with E-state index in [0.717, 1.165) is 3.57 Å². The number of rotatable bonds is 1. The van der Waals surface area contributed by atoms with Gasteiger partial charge >= 0.3 is 0 Å². The van der Waals surface area contributed by atoms with Gasteiger partial charge in [-0.2, -0.15) is 0 Å². The van der Waals surface area contributed by atoms with E-state index in [1.54, 1.807) is 24.8 Å². The Hall–Kier alpha value is -1.31. The Balaban J connectivity index is 2.48. The molecular formula is C8H6IN5. The summed E-state index contributed by atoms with van der Waals surface area (Å²) in [6.45, 7) is 0. The average Bonchev–Trinajstić information content (AvgIpc) is 2.23. The van der Waals surface area contributed by atoms with E-state index in [9.17, 15) is 0 Å². The molecule has 14 heavy (non-hydrogen) atoms. The topological polar surface area (TPSA) is 77.6 Å². The molecule has 0 fully saturated rings. The first-order valence-corrected chi connectivity index (χ1v) is 4.89. The van der Waals surface area contributed by atoms with E-state index in [-0.39, 0.29) is 0 Å². The largest absolute Gasteiger partial charge is 0.383 e. The van der Waals surface area contributed by atoms with Gasteiger partial charge in [-0.3, -0.25) is 4.98 Å². The molecular weight excluding hydrogens is 293 g/mol. The van der Waals surface area contributed by atoms with Crippen LogP contribution in [0.15, 0.2) is 24.8 Å². The Morgan fingerprint density at radius 2 is 2.00 bits per heavy atom. The van der Waals surface area contributed by atoms with Crippen LogP contribution in [0.25, 0.3) is 11.5 Å². The van der Waals surface area contributed by atoms with Crippen molar-refractivity contribution < 1.29 is 0 Å². The van der Waals surface area contributed by atoms with Crippen molar-refractivity contribution in [1.82, 2.24) is 19.9 Å². The highest BCUT2D eigenvalue weighted by molar-refractivity contribution is 14.1. The highest BCUT2D eigenvalue weighted by Crippen LogP contribution is 2.15. The summed E-state index contributed by atoms with van der Waals surface area (Å²) in [6.07, 6.45) is 6.45. The zero-order valence-corrected chi connectivity index (χ0v) is 9.21. The monoisotopic (exact) mass is 299 g/mol. The fourth-order valence-corrected chi connectivity index (χ4v) is 1.18. The predicted molar refractivity (Wildman–Crippen MR) is 60.2 cm³/mol. The molecule has 0 amide bonds. The van der Waals surface area contributed by atoms with Gasteiger partial charge in [-0.1, -0.05) is 0 Å². The van der Waals surface area contributed by atoms with Crippen molar-refractivity contribution in [2.24, 2.45) is 0 Å². The lowest BCUT2D eigenvalue weighted by atomic mass is 10.4. The summed E-state index contributed by atoms with van der Waals surface area (Å²) >= 11 is 2.07. The summed E-state index contributed by atoms with van der Waals surface area (Å²) in [5.41, 5.74) is 6.27. The Bertz CT molecular complexity index is 445. The van der Waals surface area contributed by atoms with E-state index < -0.39 is 0 Å². The number of nitrogen functional groups attached to an aromatic ring is 1. The van der Waals surface area contributed by atoms with Crippen LogP contribution in [0.4, 0.5) is 5.82 Å². The van der Waals surface area contributed by atoms with E-state index in [2.05, 4.69) is 42.5 Å². The van der Waals surface area contributed by atoms with E-state index in [1.165, 1.54) is 0 Å². The number of anilines is 1. The molecule has 0 bridgehead atoms. The van der Waals surface area contributed by atoms with Crippen LogP contribution in [0.5, 0.6) is 0 Å². The summed E-state index contributed by atoms with van der Waals surface area (Å²) in [4.78, 5) is 16.2. The maximum absolute atomic E-state index is 5.65. The van der Waals surface area contributed by atoms with Gasteiger partial charge in [0.15, 0.2) is 5.82 Å². The molecule has 2 aromatic heterocycles. The Morgan fingerprint density at radius 3 is 2.64 bits per heavy atom. The first-order chi connectivity index (χ1) is 6.77. The third kappa shape index (κ3) is 1.79. The van der Waals surface area contributed by atoms with Crippen molar-refractivity contribution in [3.63, 3.8) is 0 Å². The predicted octanol–water partition coefficient (Wildman–Crippen LogP) is 1.12. The molecule has 0 unspecified atom stereocenters. The number of hydrogen-bond donors (Lipinski definition) is 1. The summed E-state index contributed by atoms with van der Waals surface area (Å²) in [7, 11) is 0. The highest BCUT2D eigenvalue weighted by Gasteiger charge is 2.04. The molecule has 0 atom stereocenters. The fourth-order valence-electron chi connectivity index (χ4n) is 0.918. The molecule has 0 aromatic carbocycles. The summed E-state index contributed by atoms with van der Waals surface area (Å²) in [5.74, 6) is 0.956. The molecule has 6 heteroatoms. The van der Waals surface area contributed by atoms with E-state index >= 15 is 0 Å². The molecule has 0 aliphatic rings. The zero-order chi connectivity index (χ0) is 9.97. The van der Waals surface area contributed by atoms with Crippen molar-refractivity contribution in [3.05, 3.63) is 28.4 Å². The smallest absolute Gasteiger partial charge is 0.181 e. The van der Waals surface area contributed by atoms with E-state index in [0.29, 0.717) is 17.3 Å². The number of nitrogens with zero attached hydrogens (tertiary/aromatic N) is 4. The van der Waals surface area contributed by atoms with Gasteiger partial charge in [-0.25, -0.2) is 15.0 Å². The van der Waals surface area contributed by atoms with Gasteiger partial charge in [0, 0.05) is 18.6 Å². The second-order valence-corrected chi connectivity index (χ2v) is 3.68. The minimum Gasteiger partial charge on any atom is -0.383 e. The van der Waals surface area contributed by atoms with E-state index in [1.807, 2.05) is 0 Å². The van der Waals surface area contributed by atoms with Crippen molar-refractivity contribution >= 4 is 28.4 Å². The molecule has 0 aliphatic heterocycles. The Kier molecular flexibility index (Phi) is 2.53. The molecule has 0 saturated heterocycles. The van der Waals surface area contributed by atoms with E-state index in [4.69, 9.17) is 5.73 Å². The standard InChI is InChI=1S/C8H6IN5/c9-5-3-13-8(14-7(5)10)6-4-11-1-2-12-6/h1-4H,(H2,10,13,14). The molecule has 0 spiro atoms. The lowest BCUT2D eigenvalue weighted by molar-refractivity contribution is 1.11. The number of hydrogen-bond acceptors (Lipinski definition) is 5. The molecule has 5 nitrogen and oxygen atoms in total. The summed E-state index contributed by atoms with van der Waals surface area (Å²) in [5, 5.41) is 0. The average molecular weight is 299 g/mol. The summed E-state index contributed by atoms with van der Waals surface area (Å²) in [6, 6.07) is 0. The van der Waals surface area contributed by atoms with Crippen LogP contribution >= 0.6 is 22.6 Å². The first kappa shape index (κ1) is 9.25. The molecule has 2 heterocycles. The van der Waals surface area contributed by atoms with Crippen LogP contribution in [0.2, 0.25) is 0 Å². The van der Waals surface area contributed by atoms with Crippen LogP contribution in [0.3, 0.4) is 0 Å². The Morgan fingerprint density at radius 1 is 1.14 bits per heavy atom. The van der Waals surface area contributed by atoms with Gasteiger partial charge in [-0.15, -0.1) is 0 Å². The van der Waals surface area contributed by atoms with Gasteiger partial charge in [0.25, 0.3) is 0 Å². The second kappa shape index (κ2) is 3.82. The lowest BCUT2D eigenvalue weighted by Crippen LogP contribution is -1.99. The molecule has 0 radical (unpaired) electrons.